The lowest BCUT2D eigenvalue weighted by atomic mass is 9.84. The summed E-state index contributed by atoms with van der Waals surface area (Å²) in [6, 6.07) is -12.0. The van der Waals surface area contributed by atoms with E-state index in [1.807, 2.05) is 41.5 Å². The SMILES string of the molecule is CC(C)C[C@H]1C(=O)N[C@@H]([C@@H](C)O)C(=O)N(C)CC(=O)N(C)[C@@H](CC2CCCCC2)C(=O)N(C)[C@@H](CC(C)C)C(=O)N[C@@H](COC(C)(C)C)C(=O)N(C)[C@@H](CC(C)C)C(=O)N[C@H](C(=O)N2CCCCC2)CC(=O)N(C)CC(=O)N(C)[C@@H](CC2CCCCC2)C(=O)N[C@@H](COCC2CCCCC2)C(=O)N1C. The predicted octanol–water partition coefficient (Wildman–Crippen LogP) is 5.27. The van der Waals surface area contributed by atoms with Gasteiger partial charge in [0.05, 0.1) is 44.4 Å². The number of carbonyl (C=O) groups excluding carboxylic acids is 12. The molecule has 0 aromatic carbocycles. The van der Waals surface area contributed by atoms with E-state index in [0.717, 1.165) is 113 Å². The van der Waals surface area contributed by atoms with E-state index in [-0.39, 0.29) is 80.8 Å². The summed E-state index contributed by atoms with van der Waals surface area (Å²) in [5.41, 5.74) is -0.837. The quantitative estimate of drug-likeness (QED) is 0.117. The number of piperidine rings is 1. The first-order valence-electron chi connectivity index (χ1n) is 39.1. The first kappa shape index (κ1) is 88.2. The lowest BCUT2D eigenvalue weighted by Crippen LogP contribution is -2.62. The van der Waals surface area contributed by atoms with Gasteiger partial charge in [-0.05, 0) is 127 Å². The Balaban J connectivity index is 1.67. The molecule has 2 heterocycles. The second kappa shape index (κ2) is 42.2. The molecular weight excluding hydrogens is 1330 g/mol. The molecule has 10 atom stereocenters. The van der Waals surface area contributed by atoms with Gasteiger partial charge in [-0.1, -0.05) is 125 Å². The molecule has 104 heavy (non-hydrogen) atoms. The third kappa shape index (κ3) is 27.1. The van der Waals surface area contributed by atoms with E-state index in [1.165, 1.54) is 80.8 Å². The molecular formula is C77H134N12O15. The predicted molar refractivity (Wildman–Crippen MR) is 396 cm³/mol. The van der Waals surface area contributed by atoms with Crippen molar-refractivity contribution in [2.24, 2.45) is 35.5 Å². The number of hydrogen-bond acceptors (Lipinski definition) is 15. The van der Waals surface area contributed by atoms with Crippen molar-refractivity contribution >= 4 is 70.9 Å². The maximum absolute atomic E-state index is 15.5. The van der Waals surface area contributed by atoms with Crippen LogP contribution in [-0.2, 0) is 67.0 Å². The highest BCUT2D eigenvalue weighted by molar-refractivity contribution is 6.00. The molecule has 3 aliphatic carbocycles. The van der Waals surface area contributed by atoms with Gasteiger partial charge in [-0.15, -0.1) is 0 Å². The molecule has 2 aliphatic heterocycles. The lowest BCUT2D eigenvalue weighted by Gasteiger charge is -2.38. The molecule has 3 saturated carbocycles. The number of likely N-dealkylation sites (N-methyl/N-ethyl adjacent to an activating group) is 7. The number of carbonyl (C=O) groups is 12. The average molecular weight is 1470 g/mol. The number of nitrogens with zero attached hydrogens (tertiary/aromatic N) is 8. The summed E-state index contributed by atoms with van der Waals surface area (Å²) in [6.07, 6.45) is 14.6. The fourth-order valence-electron chi connectivity index (χ4n) is 15.3. The normalized spacial score (nSPS) is 27.2. The Labute approximate surface area is 621 Å². The topological polar surface area (TPSA) is 318 Å². The van der Waals surface area contributed by atoms with Gasteiger partial charge in [0, 0.05) is 69.0 Å². The van der Waals surface area contributed by atoms with Gasteiger partial charge in [-0.3, -0.25) is 57.5 Å². The van der Waals surface area contributed by atoms with Crippen molar-refractivity contribution in [1.29, 1.82) is 0 Å². The largest absolute Gasteiger partial charge is 0.391 e. The van der Waals surface area contributed by atoms with Gasteiger partial charge in [-0.25, -0.2) is 0 Å². The summed E-state index contributed by atoms with van der Waals surface area (Å²) in [6.45, 7) is 17.1. The van der Waals surface area contributed by atoms with Crippen LogP contribution in [0.3, 0.4) is 0 Å². The van der Waals surface area contributed by atoms with E-state index in [4.69, 9.17) is 9.47 Å². The van der Waals surface area contributed by atoms with Crippen molar-refractivity contribution in [3.63, 3.8) is 0 Å². The summed E-state index contributed by atoms with van der Waals surface area (Å²) < 4.78 is 12.6. The first-order chi connectivity index (χ1) is 48.9. The van der Waals surface area contributed by atoms with Gasteiger partial charge in [0.1, 0.15) is 54.4 Å². The van der Waals surface area contributed by atoms with Gasteiger partial charge in [0.15, 0.2) is 0 Å². The molecule has 5 N–H and O–H groups in total. The highest BCUT2D eigenvalue weighted by Gasteiger charge is 2.44. The Morgan fingerprint density at radius 2 is 0.817 bits per heavy atom. The van der Waals surface area contributed by atoms with Crippen LogP contribution in [0.25, 0.3) is 0 Å². The van der Waals surface area contributed by atoms with Crippen LogP contribution in [0.15, 0.2) is 0 Å². The van der Waals surface area contributed by atoms with Gasteiger partial charge >= 0.3 is 0 Å². The molecule has 5 aliphatic rings. The molecule has 0 unspecified atom stereocenters. The third-order valence-electron chi connectivity index (χ3n) is 21.8. The van der Waals surface area contributed by atoms with Crippen LogP contribution >= 0.6 is 0 Å². The molecule has 27 nitrogen and oxygen atoms in total. The molecule has 12 amide bonds. The van der Waals surface area contributed by atoms with Crippen molar-refractivity contribution in [2.75, 3.05) is 95.3 Å². The summed E-state index contributed by atoms with van der Waals surface area (Å²) in [5.74, 6) is -8.69. The van der Waals surface area contributed by atoms with Crippen LogP contribution in [-0.4, -0.2) is 277 Å². The Morgan fingerprint density at radius 3 is 1.27 bits per heavy atom. The summed E-state index contributed by atoms with van der Waals surface area (Å²) in [7, 11) is 10.0. The van der Waals surface area contributed by atoms with Crippen molar-refractivity contribution in [2.45, 2.75) is 289 Å². The van der Waals surface area contributed by atoms with E-state index in [9.17, 15) is 33.9 Å². The molecule has 0 spiro atoms. The minimum Gasteiger partial charge on any atom is -0.391 e. The molecule has 5 rings (SSSR count). The van der Waals surface area contributed by atoms with Crippen LogP contribution in [0.1, 0.15) is 223 Å². The average Bonchev–Trinajstić information content (AvgIpc) is 0.823. The summed E-state index contributed by atoms with van der Waals surface area (Å²) in [4.78, 5) is 191. The van der Waals surface area contributed by atoms with E-state index in [2.05, 4.69) is 21.3 Å². The van der Waals surface area contributed by atoms with Crippen LogP contribution in [0.5, 0.6) is 0 Å². The van der Waals surface area contributed by atoms with E-state index in [0.29, 0.717) is 32.5 Å². The van der Waals surface area contributed by atoms with Gasteiger partial charge in [0.25, 0.3) is 0 Å². The molecule has 592 valence electrons. The van der Waals surface area contributed by atoms with Crippen LogP contribution in [0.4, 0.5) is 0 Å². The van der Waals surface area contributed by atoms with Crippen LogP contribution < -0.4 is 21.3 Å². The van der Waals surface area contributed by atoms with Crippen molar-refractivity contribution < 1.29 is 72.1 Å². The monoisotopic (exact) mass is 1470 g/mol. The van der Waals surface area contributed by atoms with Crippen molar-refractivity contribution in [3.8, 4) is 0 Å². The number of aliphatic hydroxyl groups is 1. The fraction of sp³-hybridized carbons (Fsp3) is 0.844. The van der Waals surface area contributed by atoms with Crippen LogP contribution in [0.2, 0.25) is 0 Å². The second-order valence-electron chi connectivity index (χ2n) is 33.2. The third-order valence-corrected chi connectivity index (χ3v) is 21.8. The van der Waals surface area contributed by atoms with Crippen molar-refractivity contribution in [1.82, 2.24) is 60.5 Å². The molecule has 0 radical (unpaired) electrons. The lowest BCUT2D eigenvalue weighted by molar-refractivity contribution is -0.152. The first-order valence-corrected chi connectivity index (χ1v) is 39.1. The van der Waals surface area contributed by atoms with Crippen molar-refractivity contribution in [3.05, 3.63) is 0 Å². The molecule has 5 fully saturated rings. The zero-order valence-electron chi connectivity index (χ0n) is 66.4. The summed E-state index contributed by atoms with van der Waals surface area (Å²) >= 11 is 0. The molecule has 0 aromatic heterocycles. The van der Waals surface area contributed by atoms with E-state index >= 15 is 28.8 Å². The molecule has 27 heteroatoms. The minimum absolute atomic E-state index is 0.0121. The Bertz CT molecular complexity index is 2850. The zero-order valence-corrected chi connectivity index (χ0v) is 66.4. The summed E-state index contributed by atoms with van der Waals surface area (Å²) in [5, 5.41) is 22.8. The second-order valence-corrected chi connectivity index (χ2v) is 33.2. The fourth-order valence-corrected chi connectivity index (χ4v) is 15.3. The highest BCUT2D eigenvalue weighted by atomic mass is 16.5. The number of aliphatic hydroxyl groups excluding tert-OH is 1. The number of ether oxygens (including phenoxy) is 2. The molecule has 2 saturated heterocycles. The van der Waals surface area contributed by atoms with E-state index in [1.54, 1.807) is 25.7 Å². The van der Waals surface area contributed by atoms with Gasteiger partial charge in [0.2, 0.25) is 70.9 Å². The highest BCUT2D eigenvalue weighted by Crippen LogP contribution is 2.32. The van der Waals surface area contributed by atoms with Crippen LogP contribution in [0, 0.1) is 35.5 Å². The number of rotatable bonds is 18. The Morgan fingerprint density at radius 1 is 0.433 bits per heavy atom. The van der Waals surface area contributed by atoms with Gasteiger partial charge < -0.3 is 75.0 Å². The minimum atomic E-state index is -1.64. The van der Waals surface area contributed by atoms with Gasteiger partial charge in [-0.2, -0.15) is 0 Å². The maximum Gasteiger partial charge on any atom is 0.248 e. The molecule has 0 bridgehead atoms. The zero-order chi connectivity index (χ0) is 77.4. The Hall–Kier alpha value is -6.48. The number of nitrogens with one attached hydrogen (secondary N) is 4. The number of amides is 12. The van der Waals surface area contributed by atoms with E-state index < -0.39 is 156 Å². The molecule has 0 aromatic rings. The number of likely N-dealkylation sites (tertiary alicyclic amines) is 1. The Kier molecular flexibility index (Phi) is 35.7. The standard InChI is InChI=1S/C77H134N12O15/c1-49(2)38-59-68(94)78-56(74(100)89-36-28-21-29-37-89)43-64(91)82(11)44-65(92)84(13)62(41-53-30-22-18-23-31-53)70(96)79-57(47-103-46-55-34-26-20-27-35-55)72(98)87(16)61(40-51(5)6)71(97)81-67(52(7)90)76(102)83(12)45-66(93)85(14)63(42-54-32-24-19-25-33-54)75(101)88(17)60(39-50(3)4)69(95)80-58(73(99)86(59)15)48-104-77(8,9)10/h49-63,67,90H,18-48H2,1-17H3,(H,78,94)(H,79,96)(H,80,95)(H,81,97)/t52-,56+,57+,58+,59+,60+,61+,62+,63+,67+/m1/s1. The number of hydrogen-bond donors (Lipinski definition) is 5. The smallest absolute Gasteiger partial charge is 0.248 e. The maximum atomic E-state index is 15.5.